The average Bonchev–Trinajstić information content (AvgIpc) is 3.70. The molecule has 0 fully saturated rings. The molecule has 0 aliphatic rings. The molecule has 4 heterocycles. The van der Waals surface area contributed by atoms with E-state index in [4.69, 9.17) is 14.6 Å². The number of fused-ring (bicyclic) bond motifs is 2. The molecule has 0 unspecified atom stereocenters. The van der Waals surface area contributed by atoms with Crippen molar-refractivity contribution in [3.05, 3.63) is 84.2 Å². The van der Waals surface area contributed by atoms with Crippen molar-refractivity contribution in [1.82, 2.24) is 40.8 Å². The van der Waals surface area contributed by atoms with Crippen LogP contribution >= 0.6 is 0 Å². The lowest BCUT2D eigenvalue weighted by Gasteiger charge is -2.06. The standard InChI is InChI=1S/C29H27FN8.C2H6.2CH2O/c1-3-32-12-18-7-21(14-33-13-18)19-4-5-25-23(10-19)28(38-37-25)29-35-26-16-34-15-24(27(26)36-29)20-6-17(11-31-2)8-22(30)9-20;3*1-2/h4-10,13-16,31-32H,3,11-12H2,1-2H3,(H,35,36)(H,37,38);1-2H3;2*1H2. The predicted octanol–water partition coefficient (Wildman–Crippen LogP) is 5.85. The zero-order chi connectivity index (χ0) is 32.1. The summed E-state index contributed by atoms with van der Waals surface area (Å²) in [5.41, 5.74) is 8.62. The van der Waals surface area contributed by atoms with Gasteiger partial charge in [0, 0.05) is 48.2 Å². The summed E-state index contributed by atoms with van der Waals surface area (Å²) in [6.07, 6.45) is 7.20. The second kappa shape index (κ2) is 16.5. The Kier molecular flexibility index (Phi) is 12.5. The minimum absolute atomic E-state index is 0.296. The van der Waals surface area contributed by atoms with Crippen molar-refractivity contribution in [1.29, 1.82) is 0 Å². The molecule has 228 valence electrons. The third-order valence-electron chi connectivity index (χ3n) is 6.54. The number of nitrogens with one attached hydrogen (secondary N) is 4. The van der Waals surface area contributed by atoms with Crippen LogP contribution in [0.25, 0.3) is 55.7 Å². The number of pyridine rings is 2. The number of carbonyl (C=O) groups is 2. The number of carbonyl (C=O) groups excluding carboxylic acids is 2. The number of hydrogen-bond acceptors (Lipinski definition) is 8. The highest BCUT2D eigenvalue weighted by Gasteiger charge is 2.17. The number of rotatable bonds is 8. The van der Waals surface area contributed by atoms with E-state index in [1.807, 2.05) is 59.0 Å². The van der Waals surface area contributed by atoms with Gasteiger partial charge in [-0.25, -0.2) is 9.37 Å². The first-order chi connectivity index (χ1) is 21.6. The number of aromatic amines is 2. The van der Waals surface area contributed by atoms with Crippen molar-refractivity contribution in [2.75, 3.05) is 13.6 Å². The molecule has 0 saturated heterocycles. The van der Waals surface area contributed by atoms with E-state index in [0.717, 1.165) is 62.9 Å². The summed E-state index contributed by atoms with van der Waals surface area (Å²) in [5, 5.41) is 15.0. The molecule has 44 heavy (non-hydrogen) atoms. The maximum Gasteiger partial charge on any atom is 0.159 e. The van der Waals surface area contributed by atoms with Crippen LogP contribution in [-0.4, -0.2) is 57.3 Å². The zero-order valence-electron chi connectivity index (χ0n) is 25.4. The van der Waals surface area contributed by atoms with Gasteiger partial charge in [0.25, 0.3) is 0 Å². The summed E-state index contributed by atoms with van der Waals surface area (Å²) in [5.74, 6) is 0.318. The van der Waals surface area contributed by atoms with Crippen LogP contribution in [0.2, 0.25) is 0 Å². The quantitative estimate of drug-likeness (QED) is 0.171. The van der Waals surface area contributed by atoms with Gasteiger partial charge in [-0.15, -0.1) is 0 Å². The monoisotopic (exact) mass is 596 g/mol. The molecule has 0 spiro atoms. The van der Waals surface area contributed by atoms with Gasteiger partial charge in [0.1, 0.15) is 25.1 Å². The zero-order valence-corrected chi connectivity index (χ0v) is 25.4. The van der Waals surface area contributed by atoms with Crippen molar-refractivity contribution in [2.24, 2.45) is 0 Å². The highest BCUT2D eigenvalue weighted by Crippen LogP contribution is 2.33. The maximum atomic E-state index is 14.4. The van der Waals surface area contributed by atoms with Crippen LogP contribution in [0.1, 0.15) is 31.9 Å². The molecule has 11 heteroatoms. The number of benzene rings is 2. The first-order valence-electron chi connectivity index (χ1n) is 14.1. The van der Waals surface area contributed by atoms with Gasteiger partial charge in [-0.2, -0.15) is 5.10 Å². The lowest BCUT2D eigenvalue weighted by atomic mass is 10.0. The van der Waals surface area contributed by atoms with E-state index in [9.17, 15) is 4.39 Å². The summed E-state index contributed by atoms with van der Waals surface area (Å²) >= 11 is 0. The van der Waals surface area contributed by atoms with Gasteiger partial charge in [-0.1, -0.05) is 26.8 Å². The normalized spacial score (nSPS) is 10.3. The number of imidazole rings is 1. The topological polar surface area (TPSA) is 141 Å². The fourth-order valence-corrected chi connectivity index (χ4v) is 4.75. The molecular formula is C33H37FN8O2. The molecule has 0 radical (unpaired) electrons. The van der Waals surface area contributed by atoms with Gasteiger partial charge >= 0.3 is 0 Å². The van der Waals surface area contributed by atoms with Crippen molar-refractivity contribution in [3.63, 3.8) is 0 Å². The van der Waals surface area contributed by atoms with E-state index in [1.165, 1.54) is 12.1 Å². The minimum atomic E-state index is -0.296. The van der Waals surface area contributed by atoms with Gasteiger partial charge in [0.15, 0.2) is 5.82 Å². The number of aromatic nitrogens is 6. The SMILES string of the molecule is C=O.C=O.CC.CCNCc1cncc(-c2ccc3[nH]nc(-c4nc5c(-c6cc(F)cc(CNC)c6)cncc5[nH]4)c3c2)c1. The maximum absolute atomic E-state index is 14.4. The second-order valence-corrected chi connectivity index (χ2v) is 9.24. The van der Waals surface area contributed by atoms with Crippen molar-refractivity contribution in [3.8, 4) is 33.8 Å². The molecule has 0 bridgehead atoms. The van der Waals surface area contributed by atoms with Gasteiger partial charge in [0.05, 0.1) is 22.7 Å². The van der Waals surface area contributed by atoms with E-state index in [1.54, 1.807) is 12.4 Å². The molecule has 2 aromatic carbocycles. The number of halogens is 1. The van der Waals surface area contributed by atoms with Crippen LogP contribution in [0.15, 0.2) is 67.3 Å². The van der Waals surface area contributed by atoms with Crippen LogP contribution < -0.4 is 10.6 Å². The van der Waals surface area contributed by atoms with E-state index >= 15 is 0 Å². The Labute approximate surface area is 255 Å². The lowest BCUT2D eigenvalue weighted by Crippen LogP contribution is -2.11. The Morgan fingerprint density at radius 2 is 1.57 bits per heavy atom. The highest BCUT2D eigenvalue weighted by molar-refractivity contribution is 5.98. The molecule has 4 aromatic heterocycles. The second-order valence-electron chi connectivity index (χ2n) is 9.24. The number of H-pyrrole nitrogens is 2. The van der Waals surface area contributed by atoms with Crippen LogP contribution in [0.4, 0.5) is 4.39 Å². The lowest BCUT2D eigenvalue weighted by molar-refractivity contribution is -0.0987. The van der Waals surface area contributed by atoms with Gasteiger partial charge in [0.2, 0.25) is 0 Å². The Morgan fingerprint density at radius 1 is 0.818 bits per heavy atom. The molecule has 6 aromatic rings. The minimum Gasteiger partial charge on any atom is -0.335 e. The summed E-state index contributed by atoms with van der Waals surface area (Å²) in [7, 11) is 1.84. The molecular weight excluding hydrogens is 559 g/mol. The van der Waals surface area contributed by atoms with E-state index in [0.29, 0.717) is 23.6 Å². The summed E-state index contributed by atoms with van der Waals surface area (Å²) in [4.78, 5) is 33.1. The molecule has 0 aliphatic heterocycles. The van der Waals surface area contributed by atoms with Crippen LogP contribution in [0.5, 0.6) is 0 Å². The Bertz CT molecular complexity index is 1800. The summed E-state index contributed by atoms with van der Waals surface area (Å²) < 4.78 is 14.4. The van der Waals surface area contributed by atoms with Gasteiger partial charge in [-0.3, -0.25) is 15.1 Å². The molecule has 6 rings (SSSR count). The number of nitrogens with zero attached hydrogens (tertiary/aromatic N) is 4. The Hall–Kier alpha value is -5.13. The predicted molar refractivity (Wildman–Crippen MR) is 173 cm³/mol. The summed E-state index contributed by atoms with van der Waals surface area (Å²) in [6.45, 7) is 12.3. The van der Waals surface area contributed by atoms with Crippen molar-refractivity contribution < 1.29 is 14.0 Å². The van der Waals surface area contributed by atoms with Crippen LogP contribution in [0, 0.1) is 5.82 Å². The van der Waals surface area contributed by atoms with Gasteiger partial charge < -0.3 is 25.2 Å². The van der Waals surface area contributed by atoms with E-state index in [2.05, 4.69) is 60.9 Å². The molecule has 10 nitrogen and oxygen atoms in total. The first-order valence-corrected chi connectivity index (χ1v) is 14.1. The van der Waals surface area contributed by atoms with Crippen LogP contribution in [0.3, 0.4) is 0 Å². The largest absolute Gasteiger partial charge is 0.335 e. The van der Waals surface area contributed by atoms with Crippen molar-refractivity contribution in [2.45, 2.75) is 33.9 Å². The fourth-order valence-electron chi connectivity index (χ4n) is 4.75. The molecule has 0 saturated carbocycles. The fraction of sp³-hybridized carbons (Fsp3) is 0.212. The van der Waals surface area contributed by atoms with E-state index in [-0.39, 0.29) is 5.82 Å². The summed E-state index contributed by atoms with van der Waals surface area (Å²) in [6, 6.07) is 13.3. The Balaban J connectivity index is 0.000000832. The third kappa shape index (κ3) is 7.44. The average molecular weight is 597 g/mol. The third-order valence-corrected chi connectivity index (χ3v) is 6.54. The molecule has 0 atom stereocenters. The molecule has 0 amide bonds. The van der Waals surface area contributed by atoms with Gasteiger partial charge in [-0.05, 0) is 72.2 Å². The number of hydrogen-bond donors (Lipinski definition) is 4. The first kappa shape index (κ1) is 33.4. The van der Waals surface area contributed by atoms with Crippen molar-refractivity contribution >= 4 is 35.5 Å². The molecule has 0 aliphatic carbocycles. The highest BCUT2D eigenvalue weighted by atomic mass is 19.1. The van der Waals surface area contributed by atoms with Crippen LogP contribution in [-0.2, 0) is 22.7 Å². The molecule has 4 N–H and O–H groups in total. The Morgan fingerprint density at radius 3 is 2.32 bits per heavy atom. The van der Waals surface area contributed by atoms with E-state index < -0.39 is 0 Å². The smallest absolute Gasteiger partial charge is 0.159 e.